The number of aromatic nitrogens is 1. The van der Waals surface area contributed by atoms with E-state index in [-0.39, 0.29) is 17.9 Å². The van der Waals surface area contributed by atoms with E-state index in [1.807, 2.05) is 30.5 Å². The fourth-order valence-corrected chi connectivity index (χ4v) is 3.78. The maximum Gasteiger partial charge on any atom is 0.255 e. The molecule has 2 heterocycles. The molecule has 5 nitrogen and oxygen atoms in total. The molecule has 2 amide bonds. The molecule has 23 heavy (non-hydrogen) atoms. The van der Waals surface area contributed by atoms with Crippen LogP contribution in [0.2, 0.25) is 0 Å². The van der Waals surface area contributed by atoms with Crippen molar-refractivity contribution in [2.75, 3.05) is 18.2 Å². The molecule has 1 saturated heterocycles. The zero-order valence-corrected chi connectivity index (χ0v) is 14.2. The molecule has 1 aromatic carbocycles. The monoisotopic (exact) mass is 331 g/mol. The van der Waals surface area contributed by atoms with Crippen LogP contribution >= 0.6 is 11.8 Å². The van der Waals surface area contributed by atoms with Crippen molar-refractivity contribution < 1.29 is 9.59 Å². The van der Waals surface area contributed by atoms with Crippen molar-refractivity contribution in [3.63, 3.8) is 0 Å². The SMILES string of the molecule is CC(C)CNC(=O)C1CSCN1C(=O)c1ccc2cc[nH]c2c1. The van der Waals surface area contributed by atoms with Crippen molar-refractivity contribution in [1.82, 2.24) is 15.2 Å². The Morgan fingerprint density at radius 2 is 2.22 bits per heavy atom. The molecule has 2 aromatic rings. The van der Waals surface area contributed by atoms with Gasteiger partial charge in [0.1, 0.15) is 6.04 Å². The molecule has 1 aromatic heterocycles. The average molecular weight is 331 g/mol. The van der Waals surface area contributed by atoms with Crippen LogP contribution < -0.4 is 5.32 Å². The summed E-state index contributed by atoms with van der Waals surface area (Å²) in [4.78, 5) is 29.9. The minimum Gasteiger partial charge on any atom is -0.361 e. The number of thioether (sulfide) groups is 1. The molecule has 1 unspecified atom stereocenters. The van der Waals surface area contributed by atoms with Crippen LogP contribution in [-0.4, -0.2) is 45.9 Å². The minimum absolute atomic E-state index is 0.0574. The van der Waals surface area contributed by atoms with Gasteiger partial charge in [0.25, 0.3) is 5.91 Å². The Balaban J connectivity index is 1.75. The first-order chi connectivity index (χ1) is 11.1. The maximum atomic E-state index is 12.8. The van der Waals surface area contributed by atoms with Crippen molar-refractivity contribution in [2.24, 2.45) is 5.92 Å². The molecule has 0 saturated carbocycles. The van der Waals surface area contributed by atoms with Crippen LogP contribution in [0.25, 0.3) is 10.9 Å². The largest absolute Gasteiger partial charge is 0.361 e. The van der Waals surface area contributed by atoms with Gasteiger partial charge in [-0.25, -0.2) is 0 Å². The van der Waals surface area contributed by atoms with E-state index >= 15 is 0 Å². The molecule has 1 atom stereocenters. The van der Waals surface area contributed by atoms with Gasteiger partial charge in [-0.2, -0.15) is 0 Å². The lowest BCUT2D eigenvalue weighted by atomic mass is 10.1. The van der Waals surface area contributed by atoms with Gasteiger partial charge in [0, 0.05) is 29.6 Å². The zero-order valence-electron chi connectivity index (χ0n) is 13.3. The first kappa shape index (κ1) is 15.9. The predicted octanol–water partition coefficient (Wildman–Crippen LogP) is 2.46. The smallest absolute Gasteiger partial charge is 0.255 e. The molecule has 122 valence electrons. The minimum atomic E-state index is -0.384. The van der Waals surface area contributed by atoms with Crippen molar-refractivity contribution in [3.05, 3.63) is 36.0 Å². The fourth-order valence-electron chi connectivity index (χ4n) is 2.63. The Hall–Kier alpha value is -1.95. The highest BCUT2D eigenvalue weighted by molar-refractivity contribution is 7.99. The average Bonchev–Trinajstić information content (AvgIpc) is 3.19. The van der Waals surface area contributed by atoms with Crippen LogP contribution in [-0.2, 0) is 4.79 Å². The van der Waals surface area contributed by atoms with Crippen molar-refractivity contribution in [2.45, 2.75) is 19.9 Å². The Morgan fingerprint density at radius 3 is 3.00 bits per heavy atom. The van der Waals surface area contributed by atoms with E-state index < -0.39 is 0 Å². The maximum absolute atomic E-state index is 12.8. The highest BCUT2D eigenvalue weighted by Gasteiger charge is 2.35. The van der Waals surface area contributed by atoms with E-state index in [1.165, 1.54) is 0 Å². The summed E-state index contributed by atoms with van der Waals surface area (Å²) in [6.45, 7) is 4.74. The molecule has 0 radical (unpaired) electrons. The summed E-state index contributed by atoms with van der Waals surface area (Å²) in [6, 6.07) is 7.19. The van der Waals surface area contributed by atoms with Gasteiger partial charge in [-0.15, -0.1) is 11.8 Å². The number of carbonyl (C=O) groups is 2. The predicted molar refractivity (Wildman–Crippen MR) is 93.4 cm³/mol. The van der Waals surface area contributed by atoms with Crippen LogP contribution in [0.4, 0.5) is 0 Å². The number of carbonyl (C=O) groups excluding carboxylic acids is 2. The summed E-state index contributed by atoms with van der Waals surface area (Å²) in [7, 11) is 0. The quantitative estimate of drug-likeness (QED) is 0.904. The highest BCUT2D eigenvalue weighted by Crippen LogP contribution is 2.24. The Kier molecular flexibility index (Phi) is 4.61. The van der Waals surface area contributed by atoms with Gasteiger partial charge in [0.15, 0.2) is 0 Å². The first-order valence-corrected chi connectivity index (χ1v) is 8.95. The number of benzene rings is 1. The van der Waals surface area contributed by atoms with E-state index in [4.69, 9.17) is 0 Å². The first-order valence-electron chi connectivity index (χ1n) is 7.80. The van der Waals surface area contributed by atoms with E-state index in [0.717, 1.165) is 10.9 Å². The van der Waals surface area contributed by atoms with Gasteiger partial charge in [-0.3, -0.25) is 9.59 Å². The van der Waals surface area contributed by atoms with Crippen molar-refractivity contribution in [3.8, 4) is 0 Å². The van der Waals surface area contributed by atoms with Gasteiger partial charge < -0.3 is 15.2 Å². The Bertz CT molecular complexity index is 725. The summed E-state index contributed by atoms with van der Waals surface area (Å²) < 4.78 is 0. The number of H-pyrrole nitrogens is 1. The Morgan fingerprint density at radius 1 is 1.39 bits per heavy atom. The second-order valence-corrected chi connectivity index (χ2v) is 7.21. The number of rotatable bonds is 4. The summed E-state index contributed by atoms with van der Waals surface area (Å²) in [5, 5.41) is 4.01. The van der Waals surface area contributed by atoms with Gasteiger partial charge in [-0.1, -0.05) is 19.9 Å². The molecule has 1 aliphatic heterocycles. The van der Waals surface area contributed by atoms with E-state index in [9.17, 15) is 9.59 Å². The van der Waals surface area contributed by atoms with Crippen LogP contribution in [0.3, 0.4) is 0 Å². The number of fused-ring (bicyclic) bond motifs is 1. The third-order valence-corrected chi connectivity index (χ3v) is 4.94. The number of amides is 2. The summed E-state index contributed by atoms with van der Waals surface area (Å²) in [5.74, 6) is 1.46. The third-order valence-electron chi connectivity index (χ3n) is 3.93. The lowest BCUT2D eigenvalue weighted by Gasteiger charge is -2.23. The molecular weight excluding hydrogens is 310 g/mol. The van der Waals surface area contributed by atoms with Crippen LogP contribution in [0, 0.1) is 5.92 Å². The molecular formula is C17H21N3O2S. The van der Waals surface area contributed by atoms with Crippen molar-refractivity contribution >= 4 is 34.5 Å². The summed E-state index contributed by atoms with van der Waals surface area (Å²) in [6.07, 6.45) is 1.85. The number of hydrogen-bond donors (Lipinski definition) is 2. The van der Waals surface area contributed by atoms with Gasteiger partial charge >= 0.3 is 0 Å². The molecule has 0 aliphatic carbocycles. The zero-order chi connectivity index (χ0) is 16.4. The van der Waals surface area contributed by atoms with Gasteiger partial charge in [0.2, 0.25) is 5.91 Å². The molecule has 1 fully saturated rings. The molecule has 1 aliphatic rings. The molecule has 3 rings (SSSR count). The normalized spacial score (nSPS) is 17.9. The highest BCUT2D eigenvalue weighted by atomic mass is 32.2. The molecule has 0 bridgehead atoms. The topological polar surface area (TPSA) is 65.2 Å². The number of hydrogen-bond acceptors (Lipinski definition) is 3. The molecule has 6 heteroatoms. The van der Waals surface area contributed by atoms with Crippen LogP contribution in [0.1, 0.15) is 24.2 Å². The van der Waals surface area contributed by atoms with Crippen LogP contribution in [0.15, 0.2) is 30.5 Å². The van der Waals surface area contributed by atoms with E-state index in [0.29, 0.717) is 29.7 Å². The molecule has 0 spiro atoms. The van der Waals surface area contributed by atoms with Crippen molar-refractivity contribution in [1.29, 1.82) is 0 Å². The Labute approximate surface area is 139 Å². The van der Waals surface area contributed by atoms with Crippen LogP contribution in [0.5, 0.6) is 0 Å². The summed E-state index contributed by atoms with van der Waals surface area (Å²) in [5.41, 5.74) is 1.55. The standard InChI is InChI=1S/C17H21N3O2S/c1-11(2)8-19-16(21)15-9-23-10-20(15)17(22)13-4-3-12-5-6-18-14(12)7-13/h3-7,11,15,18H,8-10H2,1-2H3,(H,19,21). The third kappa shape index (κ3) is 3.37. The second kappa shape index (κ2) is 6.66. The van der Waals surface area contributed by atoms with E-state index in [2.05, 4.69) is 24.1 Å². The molecule has 2 N–H and O–H groups in total. The lowest BCUT2D eigenvalue weighted by molar-refractivity contribution is -0.124. The van der Waals surface area contributed by atoms with E-state index in [1.54, 1.807) is 16.7 Å². The second-order valence-electron chi connectivity index (χ2n) is 6.21. The van der Waals surface area contributed by atoms with Gasteiger partial charge in [-0.05, 0) is 29.5 Å². The van der Waals surface area contributed by atoms with Gasteiger partial charge in [0.05, 0.1) is 5.88 Å². The fraction of sp³-hybridized carbons (Fsp3) is 0.412. The number of nitrogens with one attached hydrogen (secondary N) is 2. The number of nitrogens with zero attached hydrogens (tertiary/aromatic N) is 1. The summed E-state index contributed by atoms with van der Waals surface area (Å²) >= 11 is 1.62. The number of aromatic amines is 1. The lowest BCUT2D eigenvalue weighted by Crippen LogP contribution is -2.47.